The van der Waals surface area contributed by atoms with Crippen molar-refractivity contribution in [2.45, 2.75) is 109 Å². The van der Waals surface area contributed by atoms with Gasteiger partial charge >= 0.3 is 6.09 Å². The number of nitrogens with zero attached hydrogens (tertiary/aromatic N) is 3. The summed E-state index contributed by atoms with van der Waals surface area (Å²) in [5, 5.41) is 4.70. The van der Waals surface area contributed by atoms with Crippen molar-refractivity contribution in [1.82, 2.24) is 30.2 Å². The van der Waals surface area contributed by atoms with Gasteiger partial charge in [0.05, 0.1) is 29.0 Å². The van der Waals surface area contributed by atoms with Crippen LogP contribution in [-0.2, 0) is 29.1 Å². The molecule has 0 radical (unpaired) electrons. The summed E-state index contributed by atoms with van der Waals surface area (Å²) in [4.78, 5) is 64.7. The van der Waals surface area contributed by atoms with Crippen LogP contribution in [0.25, 0.3) is 11.0 Å². The summed E-state index contributed by atoms with van der Waals surface area (Å²) in [6.45, 7) is 15.4. The van der Waals surface area contributed by atoms with Crippen LogP contribution in [0.1, 0.15) is 74.1 Å². The third-order valence-corrected chi connectivity index (χ3v) is 9.81. The van der Waals surface area contributed by atoms with Crippen LogP contribution in [-0.4, -0.2) is 88.2 Å². The number of likely N-dealkylation sites (tertiary alicyclic amines) is 1. The lowest BCUT2D eigenvalue weighted by atomic mass is 9.85. The first-order valence-electron chi connectivity index (χ1n) is 15.9. The van der Waals surface area contributed by atoms with E-state index in [0.29, 0.717) is 23.9 Å². The Kier molecular flexibility index (Phi) is 10.4. The molecule has 14 nitrogen and oxygen atoms in total. The monoisotopic (exact) mass is 686 g/mol. The number of sulfonamides is 1. The van der Waals surface area contributed by atoms with E-state index < -0.39 is 73.8 Å². The average molecular weight is 687 g/mol. The van der Waals surface area contributed by atoms with Gasteiger partial charge in [-0.1, -0.05) is 39.0 Å². The molecule has 4 atom stereocenters. The number of hydrogen-bond donors (Lipinski definition) is 3. The Morgan fingerprint density at radius 1 is 1.06 bits per heavy atom. The van der Waals surface area contributed by atoms with Crippen molar-refractivity contribution in [2.75, 3.05) is 6.54 Å². The molecule has 4 rings (SSSR count). The second kappa shape index (κ2) is 13.7. The number of alkyl carbamates (subject to hydrolysis) is 1. The maximum Gasteiger partial charge on any atom is 0.408 e. The molecule has 1 saturated carbocycles. The first-order valence-corrected chi connectivity index (χ1v) is 17.4. The Hall–Kier alpha value is -4.27. The molecule has 0 bridgehead atoms. The van der Waals surface area contributed by atoms with Gasteiger partial charge in [-0.05, 0) is 64.5 Å². The maximum absolute atomic E-state index is 14.3. The van der Waals surface area contributed by atoms with Crippen molar-refractivity contribution in [2.24, 2.45) is 5.41 Å². The summed E-state index contributed by atoms with van der Waals surface area (Å²) in [6.07, 6.45) is 2.12. The van der Waals surface area contributed by atoms with Gasteiger partial charge in [-0.2, -0.15) is 0 Å². The smallest absolute Gasteiger partial charge is 0.408 e. The fourth-order valence-corrected chi connectivity index (χ4v) is 6.74. The van der Waals surface area contributed by atoms with Crippen LogP contribution in [0, 0.1) is 5.41 Å². The number of fused-ring (bicyclic) bond motifs is 1. The Bertz CT molecular complexity index is 1680. The number of carbonyl (C=O) groups excluding carboxylic acids is 4. The molecular weight excluding hydrogens is 640 g/mol. The highest BCUT2D eigenvalue weighted by Crippen LogP contribution is 2.30. The Labute approximate surface area is 281 Å². The molecule has 0 unspecified atom stereocenters. The van der Waals surface area contributed by atoms with Gasteiger partial charge in [0.15, 0.2) is 0 Å². The molecule has 3 N–H and O–H groups in total. The molecule has 4 amide bonds. The highest BCUT2D eigenvalue weighted by molar-refractivity contribution is 7.90. The zero-order valence-electron chi connectivity index (χ0n) is 28.5. The van der Waals surface area contributed by atoms with Gasteiger partial charge in [0.2, 0.25) is 27.7 Å². The van der Waals surface area contributed by atoms with Crippen LogP contribution in [0.15, 0.2) is 43.1 Å². The van der Waals surface area contributed by atoms with Crippen LogP contribution in [0.2, 0.25) is 0 Å². The number of amides is 4. The maximum atomic E-state index is 14.3. The average Bonchev–Trinajstić information content (AvgIpc) is 3.75. The molecule has 1 saturated heterocycles. The van der Waals surface area contributed by atoms with Crippen LogP contribution in [0.3, 0.4) is 0 Å². The first-order chi connectivity index (χ1) is 22.2. The van der Waals surface area contributed by atoms with E-state index >= 15 is 0 Å². The minimum absolute atomic E-state index is 0.00153. The van der Waals surface area contributed by atoms with Gasteiger partial charge in [0, 0.05) is 6.42 Å². The second-order valence-corrected chi connectivity index (χ2v) is 16.6. The minimum Gasteiger partial charge on any atom is -0.471 e. The van der Waals surface area contributed by atoms with E-state index in [-0.39, 0.29) is 25.3 Å². The molecule has 1 aromatic heterocycles. The molecule has 1 aliphatic heterocycles. The molecule has 2 aromatic rings. The Balaban J connectivity index is 1.63. The summed E-state index contributed by atoms with van der Waals surface area (Å²) in [5.41, 5.74) is -2.09. The number of benzene rings is 1. The quantitative estimate of drug-likeness (QED) is 0.297. The number of para-hydroxylation sites is 2. The molecule has 0 spiro atoms. The molecule has 48 heavy (non-hydrogen) atoms. The number of hydrogen-bond acceptors (Lipinski definition) is 10. The van der Waals surface area contributed by atoms with Crippen LogP contribution in [0.5, 0.6) is 5.88 Å². The van der Waals surface area contributed by atoms with Gasteiger partial charge in [0.1, 0.15) is 29.3 Å². The Morgan fingerprint density at radius 3 is 2.29 bits per heavy atom. The number of ether oxygens (including phenoxy) is 2. The van der Waals surface area contributed by atoms with Crippen molar-refractivity contribution >= 4 is 44.9 Å². The number of rotatable bonds is 11. The van der Waals surface area contributed by atoms with Gasteiger partial charge in [0.25, 0.3) is 5.91 Å². The molecule has 1 aliphatic carbocycles. The summed E-state index contributed by atoms with van der Waals surface area (Å²) in [5.74, 6) is -2.02. The zero-order chi connectivity index (χ0) is 35.7. The highest BCUT2D eigenvalue weighted by Gasteiger charge is 2.48. The number of aromatic nitrogens is 2. The van der Waals surface area contributed by atoms with Crippen LogP contribution >= 0.6 is 0 Å². The summed E-state index contributed by atoms with van der Waals surface area (Å²) >= 11 is 0. The van der Waals surface area contributed by atoms with E-state index in [9.17, 15) is 27.6 Å². The molecule has 15 heteroatoms. The molecule has 2 aliphatic rings. The fourth-order valence-electron chi connectivity index (χ4n) is 5.33. The van der Waals surface area contributed by atoms with Crippen molar-refractivity contribution in [3.05, 3.63) is 43.1 Å². The van der Waals surface area contributed by atoms with E-state index in [2.05, 4.69) is 31.9 Å². The van der Waals surface area contributed by atoms with E-state index in [1.54, 1.807) is 53.7 Å². The lowest BCUT2D eigenvalue weighted by Crippen LogP contribution is -2.62. The highest BCUT2D eigenvalue weighted by atomic mass is 32.2. The topological polar surface area (TPSA) is 186 Å². The normalized spacial score (nSPS) is 20.3. The van der Waals surface area contributed by atoms with Gasteiger partial charge in [-0.15, -0.1) is 6.58 Å². The number of carbonyl (C=O) groups is 4. The van der Waals surface area contributed by atoms with E-state index in [4.69, 9.17) is 9.47 Å². The molecule has 262 valence electrons. The van der Waals surface area contributed by atoms with Gasteiger partial charge in [-0.25, -0.2) is 23.2 Å². The summed E-state index contributed by atoms with van der Waals surface area (Å²) < 4.78 is 38.8. The van der Waals surface area contributed by atoms with Gasteiger partial charge in [-0.3, -0.25) is 19.1 Å². The standard InChI is InChI=1S/C33H46N6O8S/c1-9-16-33(8,29(42)38-48(44,45)21-14-15-21)37-27(40)24-17-20(46-25-18-34-22-12-10-11-13-23(22)35-25)19-39(24)28(41)26(31(2,3)4)36-30(43)47-32(5,6)7/h9-13,18,20-21,24,26H,1,14-17,19H2,2-8H3,(H,36,43)(H,37,40)(H,38,42)/t20-,24-,26-,33+/m1/s1. The predicted molar refractivity (Wildman–Crippen MR) is 178 cm³/mol. The third-order valence-electron chi connectivity index (χ3n) is 7.99. The fraction of sp³-hybridized carbons (Fsp3) is 0.576. The van der Waals surface area contributed by atoms with Crippen molar-refractivity contribution < 1.29 is 37.1 Å². The Morgan fingerprint density at radius 2 is 1.71 bits per heavy atom. The summed E-state index contributed by atoms with van der Waals surface area (Å²) in [7, 11) is -3.91. The first kappa shape index (κ1) is 36.6. The lowest BCUT2D eigenvalue weighted by Gasteiger charge is -2.36. The summed E-state index contributed by atoms with van der Waals surface area (Å²) in [6, 6.07) is 4.94. The van der Waals surface area contributed by atoms with Crippen LogP contribution < -0.4 is 20.1 Å². The molecule has 2 fully saturated rings. The molecule has 2 heterocycles. The predicted octanol–water partition coefficient (Wildman–Crippen LogP) is 2.98. The lowest BCUT2D eigenvalue weighted by molar-refractivity contribution is -0.143. The van der Waals surface area contributed by atoms with E-state index in [1.807, 2.05) is 12.1 Å². The largest absolute Gasteiger partial charge is 0.471 e. The minimum atomic E-state index is -3.91. The molecular formula is C33H46N6O8S. The van der Waals surface area contributed by atoms with Crippen molar-refractivity contribution in [3.8, 4) is 5.88 Å². The SMILES string of the molecule is C=CC[C@](C)(NC(=O)[C@H]1C[C@@H](Oc2cnc3ccccc3n2)CN1C(=O)[C@@H](NC(=O)OC(C)(C)C)C(C)(C)C)C(=O)NS(=O)(=O)C1CC1. The number of nitrogens with one attached hydrogen (secondary N) is 3. The van der Waals surface area contributed by atoms with Crippen molar-refractivity contribution in [1.29, 1.82) is 0 Å². The van der Waals surface area contributed by atoms with Gasteiger partial charge < -0.3 is 25.0 Å². The second-order valence-electron chi connectivity index (χ2n) is 14.6. The molecule has 1 aromatic carbocycles. The van der Waals surface area contributed by atoms with E-state index in [1.165, 1.54) is 24.1 Å². The zero-order valence-corrected chi connectivity index (χ0v) is 29.3. The van der Waals surface area contributed by atoms with Crippen LogP contribution in [0.4, 0.5) is 4.79 Å². The van der Waals surface area contributed by atoms with E-state index in [0.717, 1.165) is 0 Å². The van der Waals surface area contributed by atoms with Crippen molar-refractivity contribution in [3.63, 3.8) is 0 Å². The third kappa shape index (κ3) is 8.99.